The first-order chi connectivity index (χ1) is 7.13. The van der Waals surface area contributed by atoms with E-state index in [9.17, 15) is 4.79 Å². The van der Waals surface area contributed by atoms with E-state index in [1.54, 1.807) is 18.2 Å². The number of nitriles is 1. The van der Waals surface area contributed by atoms with E-state index >= 15 is 0 Å². The Morgan fingerprint density at radius 3 is 2.87 bits per heavy atom. The van der Waals surface area contributed by atoms with Crippen LogP contribution < -0.4 is 4.74 Å². The quantitative estimate of drug-likeness (QED) is 0.788. The third kappa shape index (κ3) is 3.61. The van der Waals surface area contributed by atoms with Crippen LogP contribution in [0, 0.1) is 11.3 Å². The molecule has 0 N–H and O–H groups in total. The normalized spacial score (nSPS) is 9.40. The summed E-state index contributed by atoms with van der Waals surface area (Å²) in [5, 5.41) is 9.00. The lowest BCUT2D eigenvalue weighted by Gasteiger charge is -2.05. The fourth-order valence-electron chi connectivity index (χ4n) is 0.989. The Morgan fingerprint density at radius 1 is 1.60 bits per heavy atom. The van der Waals surface area contributed by atoms with Crippen molar-refractivity contribution < 1.29 is 9.53 Å². The lowest BCUT2D eigenvalue weighted by Crippen LogP contribution is -2.02. The Morgan fingerprint density at radius 2 is 2.33 bits per heavy atom. The van der Waals surface area contributed by atoms with E-state index in [-0.39, 0.29) is 5.78 Å². The largest absolute Gasteiger partial charge is 0.493 e. The molecule has 0 atom stereocenters. The molecular formula is C11H10ClNO2. The second-order valence-electron chi connectivity index (χ2n) is 3.05. The van der Waals surface area contributed by atoms with E-state index in [2.05, 4.69) is 0 Å². The van der Waals surface area contributed by atoms with Crippen LogP contribution in [0.4, 0.5) is 0 Å². The average molecular weight is 224 g/mol. The minimum Gasteiger partial charge on any atom is -0.493 e. The lowest BCUT2D eigenvalue weighted by molar-refractivity contribution is -0.117. The highest BCUT2D eigenvalue weighted by Gasteiger charge is 2.02. The summed E-state index contributed by atoms with van der Waals surface area (Å²) in [6, 6.07) is 6.77. The molecule has 0 spiro atoms. The molecule has 0 heterocycles. The highest BCUT2D eigenvalue weighted by molar-refractivity contribution is 6.31. The lowest BCUT2D eigenvalue weighted by atomic mass is 10.2. The van der Waals surface area contributed by atoms with E-state index in [4.69, 9.17) is 21.6 Å². The predicted octanol–water partition coefficient (Wildman–Crippen LogP) is 2.57. The Hall–Kier alpha value is -1.53. The van der Waals surface area contributed by atoms with Crippen molar-refractivity contribution in [1.29, 1.82) is 5.26 Å². The highest BCUT2D eigenvalue weighted by Crippen LogP contribution is 2.21. The number of rotatable bonds is 4. The third-order valence-electron chi connectivity index (χ3n) is 1.78. The fraction of sp³-hybridized carbons (Fsp3) is 0.273. The summed E-state index contributed by atoms with van der Waals surface area (Å²) in [7, 11) is 0. The van der Waals surface area contributed by atoms with Crippen LogP contribution in [0.3, 0.4) is 0 Å². The van der Waals surface area contributed by atoms with Crippen molar-refractivity contribution in [2.75, 3.05) is 6.61 Å². The number of halogens is 1. The molecule has 1 rings (SSSR count). The van der Waals surface area contributed by atoms with Crippen LogP contribution in [0.2, 0.25) is 5.02 Å². The Labute approximate surface area is 93.2 Å². The first-order valence-corrected chi connectivity index (χ1v) is 4.83. The molecule has 78 valence electrons. The molecule has 0 unspecified atom stereocenters. The van der Waals surface area contributed by atoms with Crippen LogP contribution >= 0.6 is 11.6 Å². The molecule has 0 saturated carbocycles. The van der Waals surface area contributed by atoms with Gasteiger partial charge in [0.05, 0.1) is 17.2 Å². The maximum atomic E-state index is 10.7. The van der Waals surface area contributed by atoms with Crippen molar-refractivity contribution in [2.45, 2.75) is 13.3 Å². The van der Waals surface area contributed by atoms with Crippen molar-refractivity contribution in [3.05, 3.63) is 28.8 Å². The van der Waals surface area contributed by atoms with E-state index in [0.29, 0.717) is 29.4 Å². The summed E-state index contributed by atoms with van der Waals surface area (Å²) in [4.78, 5) is 10.7. The first kappa shape index (κ1) is 11.5. The predicted molar refractivity (Wildman–Crippen MR) is 57.0 cm³/mol. The molecule has 4 heteroatoms. The average Bonchev–Trinajstić information content (AvgIpc) is 2.17. The van der Waals surface area contributed by atoms with Crippen molar-refractivity contribution in [1.82, 2.24) is 0 Å². The van der Waals surface area contributed by atoms with Gasteiger partial charge in [-0.15, -0.1) is 0 Å². The van der Waals surface area contributed by atoms with Crippen LogP contribution in [0.1, 0.15) is 18.9 Å². The zero-order valence-electron chi connectivity index (χ0n) is 8.29. The number of ether oxygens (including phenoxy) is 1. The van der Waals surface area contributed by atoms with Gasteiger partial charge in [0.2, 0.25) is 0 Å². The molecule has 0 aliphatic rings. The van der Waals surface area contributed by atoms with Gasteiger partial charge in [0, 0.05) is 12.5 Å². The smallest absolute Gasteiger partial charge is 0.133 e. The molecule has 0 aliphatic carbocycles. The van der Waals surface area contributed by atoms with Gasteiger partial charge >= 0.3 is 0 Å². The molecule has 0 amide bonds. The summed E-state index contributed by atoms with van der Waals surface area (Å²) < 4.78 is 5.28. The summed E-state index contributed by atoms with van der Waals surface area (Å²) in [6.07, 6.45) is 0.373. The molecule has 0 aromatic heterocycles. The van der Waals surface area contributed by atoms with Crippen LogP contribution in [0.25, 0.3) is 0 Å². The molecule has 0 fully saturated rings. The van der Waals surface area contributed by atoms with Gasteiger partial charge in [0.15, 0.2) is 0 Å². The number of carbonyl (C=O) groups excluding carboxylic acids is 1. The number of benzene rings is 1. The second-order valence-corrected chi connectivity index (χ2v) is 3.46. The Bertz CT molecular complexity index is 410. The molecule has 0 saturated heterocycles. The maximum absolute atomic E-state index is 10.7. The minimum absolute atomic E-state index is 0.0785. The molecule has 3 nitrogen and oxygen atoms in total. The standard InChI is InChI=1S/C11H10ClNO2/c1-8(14)4-5-15-10-3-2-9(7-13)11(12)6-10/h2-3,6H,4-5H2,1H3. The summed E-state index contributed by atoms with van der Waals surface area (Å²) in [6.45, 7) is 1.84. The van der Waals surface area contributed by atoms with E-state index in [1.165, 1.54) is 6.92 Å². The van der Waals surface area contributed by atoms with E-state index in [0.717, 1.165) is 0 Å². The zero-order chi connectivity index (χ0) is 11.3. The monoisotopic (exact) mass is 223 g/mol. The minimum atomic E-state index is 0.0785. The van der Waals surface area contributed by atoms with Crippen LogP contribution in [0.15, 0.2) is 18.2 Å². The molecule has 1 aromatic carbocycles. The topological polar surface area (TPSA) is 50.1 Å². The van der Waals surface area contributed by atoms with Gasteiger partial charge in [-0.3, -0.25) is 4.79 Å². The van der Waals surface area contributed by atoms with Crippen molar-refractivity contribution >= 4 is 17.4 Å². The first-order valence-electron chi connectivity index (χ1n) is 4.45. The van der Waals surface area contributed by atoms with Gasteiger partial charge in [-0.2, -0.15) is 5.26 Å². The molecule has 0 bridgehead atoms. The van der Waals surface area contributed by atoms with Crippen LogP contribution in [-0.2, 0) is 4.79 Å². The Balaban J connectivity index is 2.60. The Kier molecular flexibility index (Phi) is 4.14. The van der Waals surface area contributed by atoms with Gasteiger partial charge < -0.3 is 4.74 Å². The van der Waals surface area contributed by atoms with Gasteiger partial charge in [-0.1, -0.05) is 11.6 Å². The van der Waals surface area contributed by atoms with Gasteiger partial charge in [0.1, 0.15) is 17.6 Å². The number of ketones is 1. The van der Waals surface area contributed by atoms with E-state index < -0.39 is 0 Å². The fourth-order valence-corrected chi connectivity index (χ4v) is 1.20. The summed E-state index contributed by atoms with van der Waals surface area (Å²) >= 11 is 5.80. The van der Waals surface area contributed by atoms with Gasteiger partial charge in [-0.05, 0) is 19.1 Å². The number of hydrogen-bond donors (Lipinski definition) is 0. The van der Waals surface area contributed by atoms with Crippen LogP contribution in [-0.4, -0.2) is 12.4 Å². The molecular weight excluding hydrogens is 214 g/mol. The number of carbonyl (C=O) groups is 1. The molecule has 0 radical (unpaired) electrons. The van der Waals surface area contributed by atoms with Crippen molar-refractivity contribution in [3.63, 3.8) is 0 Å². The van der Waals surface area contributed by atoms with E-state index in [1.807, 2.05) is 6.07 Å². The SMILES string of the molecule is CC(=O)CCOc1ccc(C#N)c(Cl)c1. The van der Waals surface area contributed by atoms with Gasteiger partial charge in [0.25, 0.3) is 0 Å². The highest BCUT2D eigenvalue weighted by atomic mass is 35.5. The third-order valence-corrected chi connectivity index (χ3v) is 2.10. The van der Waals surface area contributed by atoms with Gasteiger partial charge in [-0.25, -0.2) is 0 Å². The molecule has 1 aromatic rings. The number of hydrogen-bond acceptors (Lipinski definition) is 3. The van der Waals surface area contributed by atoms with Crippen LogP contribution in [0.5, 0.6) is 5.75 Å². The number of Topliss-reactive ketones (excluding diaryl/α,β-unsaturated/α-hetero) is 1. The summed E-state index contributed by atoms with van der Waals surface area (Å²) in [5.41, 5.74) is 0.413. The number of nitrogens with zero attached hydrogens (tertiary/aromatic N) is 1. The summed E-state index contributed by atoms with van der Waals surface area (Å²) in [5.74, 6) is 0.648. The molecule has 0 aliphatic heterocycles. The second kappa shape index (κ2) is 5.38. The maximum Gasteiger partial charge on any atom is 0.133 e. The van der Waals surface area contributed by atoms with Crippen molar-refractivity contribution in [3.8, 4) is 11.8 Å². The molecule has 15 heavy (non-hydrogen) atoms. The zero-order valence-corrected chi connectivity index (χ0v) is 9.04. The van der Waals surface area contributed by atoms with Crippen molar-refractivity contribution in [2.24, 2.45) is 0 Å².